The van der Waals surface area contributed by atoms with E-state index in [4.69, 9.17) is 4.74 Å². The van der Waals surface area contributed by atoms with Crippen molar-refractivity contribution in [1.82, 2.24) is 10.2 Å². The highest BCUT2D eigenvalue weighted by Gasteiger charge is 2.10. The van der Waals surface area contributed by atoms with Crippen LogP contribution < -0.4 is 5.32 Å². The fraction of sp³-hybridized carbons (Fsp3) is 0.846. The monoisotopic (exact) mass is 226 g/mol. The molecule has 0 aromatic carbocycles. The summed E-state index contributed by atoms with van der Waals surface area (Å²) in [6, 6.07) is 0.606. The Morgan fingerprint density at radius 3 is 2.88 bits per heavy atom. The van der Waals surface area contributed by atoms with Gasteiger partial charge < -0.3 is 10.1 Å². The topological polar surface area (TPSA) is 24.5 Å². The molecule has 0 radical (unpaired) electrons. The molecule has 0 saturated carbocycles. The zero-order chi connectivity index (χ0) is 11.8. The summed E-state index contributed by atoms with van der Waals surface area (Å²) in [5, 5.41) is 3.45. The van der Waals surface area contributed by atoms with Crippen LogP contribution in [0.2, 0.25) is 0 Å². The smallest absolute Gasteiger partial charge is 0.0673 e. The van der Waals surface area contributed by atoms with E-state index in [1.807, 2.05) is 0 Å². The minimum Gasteiger partial charge on any atom is -0.380 e. The number of ether oxygens (including phenoxy) is 1. The van der Waals surface area contributed by atoms with Gasteiger partial charge in [0.15, 0.2) is 0 Å². The molecule has 1 aliphatic heterocycles. The van der Waals surface area contributed by atoms with E-state index in [9.17, 15) is 0 Å². The van der Waals surface area contributed by atoms with Crippen LogP contribution in [0.5, 0.6) is 0 Å². The Labute approximate surface area is 99.8 Å². The summed E-state index contributed by atoms with van der Waals surface area (Å²) in [7, 11) is 1.77. The second-order valence-electron chi connectivity index (χ2n) is 4.81. The molecule has 0 spiro atoms. The number of hydrogen-bond acceptors (Lipinski definition) is 3. The van der Waals surface area contributed by atoms with E-state index in [1.165, 1.54) is 31.5 Å². The lowest BCUT2D eigenvalue weighted by Gasteiger charge is -2.26. The average molecular weight is 226 g/mol. The molecule has 0 unspecified atom stereocenters. The molecule has 0 aromatic rings. The maximum Gasteiger partial charge on any atom is 0.0673 e. The Hall–Kier alpha value is -0.380. The summed E-state index contributed by atoms with van der Waals surface area (Å²) in [4.78, 5) is 2.52. The molecule has 16 heavy (non-hydrogen) atoms. The van der Waals surface area contributed by atoms with E-state index >= 15 is 0 Å². The number of rotatable bonds is 7. The Morgan fingerprint density at radius 1 is 1.50 bits per heavy atom. The van der Waals surface area contributed by atoms with E-state index in [1.54, 1.807) is 7.11 Å². The average Bonchev–Trinajstić information content (AvgIpc) is 2.27. The van der Waals surface area contributed by atoms with Gasteiger partial charge in [-0.15, -0.1) is 0 Å². The Balaban J connectivity index is 2.08. The Kier molecular flexibility index (Phi) is 6.69. The van der Waals surface area contributed by atoms with Crippen molar-refractivity contribution < 1.29 is 4.74 Å². The first kappa shape index (κ1) is 13.7. The molecule has 0 fully saturated rings. The lowest BCUT2D eigenvalue weighted by molar-refractivity contribution is 0.211. The van der Waals surface area contributed by atoms with Crippen molar-refractivity contribution in [3.05, 3.63) is 11.6 Å². The van der Waals surface area contributed by atoms with Crippen LogP contribution in [0.25, 0.3) is 0 Å². The fourth-order valence-corrected chi connectivity index (χ4v) is 1.97. The van der Waals surface area contributed by atoms with E-state index in [0.717, 1.165) is 19.7 Å². The minimum atomic E-state index is 0.606. The predicted octanol–water partition coefficient (Wildman–Crippen LogP) is 1.65. The van der Waals surface area contributed by atoms with E-state index in [2.05, 4.69) is 30.1 Å². The highest BCUT2D eigenvalue weighted by Crippen LogP contribution is 2.10. The third-order valence-electron chi connectivity index (χ3n) is 2.92. The first-order chi connectivity index (χ1) is 7.72. The van der Waals surface area contributed by atoms with Gasteiger partial charge in [-0.05, 0) is 31.5 Å². The molecule has 0 bridgehead atoms. The van der Waals surface area contributed by atoms with Crippen molar-refractivity contribution in [3.63, 3.8) is 0 Å². The van der Waals surface area contributed by atoms with Crippen molar-refractivity contribution in [2.45, 2.75) is 32.7 Å². The zero-order valence-corrected chi connectivity index (χ0v) is 11.0. The van der Waals surface area contributed by atoms with Crippen LogP contribution in [0.1, 0.15) is 26.7 Å². The largest absolute Gasteiger partial charge is 0.380 e. The van der Waals surface area contributed by atoms with Crippen molar-refractivity contribution in [2.24, 2.45) is 0 Å². The van der Waals surface area contributed by atoms with Gasteiger partial charge in [0.05, 0.1) is 6.61 Å². The molecular weight excluding hydrogens is 200 g/mol. The van der Waals surface area contributed by atoms with Gasteiger partial charge in [-0.3, -0.25) is 4.90 Å². The fourth-order valence-electron chi connectivity index (χ4n) is 1.97. The Bertz CT molecular complexity index is 214. The van der Waals surface area contributed by atoms with Crippen LogP contribution in [-0.2, 0) is 4.74 Å². The van der Waals surface area contributed by atoms with Gasteiger partial charge >= 0.3 is 0 Å². The predicted molar refractivity (Wildman–Crippen MR) is 68.8 cm³/mol. The van der Waals surface area contributed by atoms with Crippen LogP contribution in [0.4, 0.5) is 0 Å². The van der Waals surface area contributed by atoms with Gasteiger partial charge in [0.2, 0.25) is 0 Å². The summed E-state index contributed by atoms with van der Waals surface area (Å²) in [6.07, 6.45) is 4.74. The van der Waals surface area contributed by atoms with Crippen LogP contribution in [-0.4, -0.2) is 50.8 Å². The lowest BCUT2D eigenvalue weighted by atomic mass is 10.1. The molecule has 0 saturated heterocycles. The van der Waals surface area contributed by atoms with E-state index in [0.29, 0.717) is 6.04 Å². The maximum atomic E-state index is 5.14. The van der Waals surface area contributed by atoms with Crippen LogP contribution in [0, 0.1) is 0 Å². The highest BCUT2D eigenvalue weighted by atomic mass is 16.5. The van der Waals surface area contributed by atoms with Gasteiger partial charge in [-0.25, -0.2) is 0 Å². The molecule has 1 heterocycles. The second-order valence-corrected chi connectivity index (χ2v) is 4.81. The van der Waals surface area contributed by atoms with Gasteiger partial charge in [0.1, 0.15) is 0 Å². The summed E-state index contributed by atoms with van der Waals surface area (Å²) in [5.74, 6) is 0. The molecule has 0 amide bonds. The number of methoxy groups -OCH3 is 1. The van der Waals surface area contributed by atoms with Gasteiger partial charge in [0.25, 0.3) is 0 Å². The van der Waals surface area contributed by atoms with Crippen LogP contribution in [0.15, 0.2) is 11.6 Å². The summed E-state index contributed by atoms with van der Waals surface area (Å²) >= 11 is 0. The molecule has 3 nitrogen and oxygen atoms in total. The van der Waals surface area contributed by atoms with Crippen LogP contribution >= 0.6 is 0 Å². The van der Waals surface area contributed by atoms with E-state index in [-0.39, 0.29) is 0 Å². The first-order valence-corrected chi connectivity index (χ1v) is 6.35. The summed E-state index contributed by atoms with van der Waals surface area (Å²) in [6.45, 7) is 9.82. The van der Waals surface area contributed by atoms with Crippen molar-refractivity contribution in [2.75, 3.05) is 39.9 Å². The van der Waals surface area contributed by atoms with Crippen molar-refractivity contribution in [3.8, 4) is 0 Å². The number of nitrogens with zero attached hydrogens (tertiary/aromatic N) is 1. The molecule has 94 valence electrons. The standard InChI is InChI=1S/C13H26N2O/c1-12(2)14-7-4-8-15-9-5-13(6-10-15)11-16-3/h5,12,14H,4,6-11H2,1-3H3. The number of nitrogens with one attached hydrogen (secondary N) is 1. The normalized spacial score (nSPS) is 17.9. The molecule has 1 N–H and O–H groups in total. The second kappa shape index (κ2) is 7.82. The molecular formula is C13H26N2O. The van der Waals surface area contributed by atoms with Crippen molar-refractivity contribution in [1.29, 1.82) is 0 Å². The number of hydrogen-bond donors (Lipinski definition) is 1. The highest BCUT2D eigenvalue weighted by molar-refractivity contribution is 5.07. The SMILES string of the molecule is COCC1=CCN(CCCNC(C)C)CC1. The summed E-state index contributed by atoms with van der Waals surface area (Å²) < 4.78 is 5.14. The third-order valence-corrected chi connectivity index (χ3v) is 2.92. The Morgan fingerprint density at radius 2 is 2.31 bits per heavy atom. The van der Waals surface area contributed by atoms with Gasteiger partial charge in [0, 0.05) is 26.2 Å². The minimum absolute atomic E-state index is 0.606. The molecule has 1 rings (SSSR count). The third kappa shape index (κ3) is 5.64. The molecule has 0 aromatic heterocycles. The zero-order valence-electron chi connectivity index (χ0n) is 11.0. The van der Waals surface area contributed by atoms with Crippen LogP contribution in [0.3, 0.4) is 0 Å². The van der Waals surface area contributed by atoms with Gasteiger partial charge in [-0.2, -0.15) is 0 Å². The summed E-state index contributed by atoms with van der Waals surface area (Å²) in [5.41, 5.74) is 1.46. The molecule has 1 aliphatic rings. The quantitative estimate of drug-likeness (QED) is 0.528. The maximum absolute atomic E-state index is 5.14. The van der Waals surface area contributed by atoms with E-state index < -0.39 is 0 Å². The van der Waals surface area contributed by atoms with Gasteiger partial charge in [-0.1, -0.05) is 19.9 Å². The molecule has 0 aliphatic carbocycles. The van der Waals surface area contributed by atoms with Crippen molar-refractivity contribution >= 4 is 0 Å². The molecule has 3 heteroatoms. The molecule has 0 atom stereocenters. The lowest BCUT2D eigenvalue weighted by Crippen LogP contribution is -2.33. The first-order valence-electron chi connectivity index (χ1n) is 6.35.